The van der Waals surface area contributed by atoms with Crippen molar-refractivity contribution in [2.24, 2.45) is 0 Å². The summed E-state index contributed by atoms with van der Waals surface area (Å²) in [5, 5.41) is 2.46. The second-order valence-electron chi connectivity index (χ2n) is 5.97. The second kappa shape index (κ2) is 6.31. The fourth-order valence-corrected chi connectivity index (χ4v) is 1.71. The molecule has 0 fully saturated rings. The van der Waals surface area contributed by atoms with Crippen LogP contribution in [0.1, 0.15) is 40.2 Å². The minimum atomic E-state index is -0.784. The van der Waals surface area contributed by atoms with E-state index in [2.05, 4.69) is 5.32 Å². The predicted octanol–water partition coefficient (Wildman–Crippen LogP) is 3.63. The van der Waals surface area contributed by atoms with Crippen LogP contribution in [0.2, 0.25) is 0 Å². The Hall–Kier alpha value is -1.49. The summed E-state index contributed by atoms with van der Waals surface area (Å²) in [7, 11) is 0. The molecule has 0 heterocycles. The molecule has 0 saturated heterocycles. The average Bonchev–Trinajstić information content (AvgIpc) is 2.28. The van der Waals surface area contributed by atoms with E-state index in [9.17, 15) is 13.6 Å². The van der Waals surface area contributed by atoms with Crippen LogP contribution in [0.5, 0.6) is 0 Å². The third kappa shape index (κ3) is 4.56. The van der Waals surface area contributed by atoms with Crippen molar-refractivity contribution >= 4 is 11.6 Å². The van der Waals surface area contributed by atoms with E-state index >= 15 is 0 Å². The largest absolute Gasteiger partial charge is 0.369 e. The van der Waals surface area contributed by atoms with Crippen LogP contribution in [-0.2, 0) is 14.9 Å². The minimum absolute atomic E-state index is 0.0104. The molecule has 0 atom stereocenters. The van der Waals surface area contributed by atoms with Gasteiger partial charge in [0.2, 0.25) is 5.91 Å². The molecule has 1 aromatic carbocycles. The summed E-state index contributed by atoms with van der Waals surface area (Å²) < 4.78 is 32.4. The van der Waals surface area contributed by atoms with E-state index in [1.165, 1.54) is 6.07 Å². The smallest absolute Gasteiger partial charge is 0.250 e. The summed E-state index contributed by atoms with van der Waals surface area (Å²) >= 11 is 0. The van der Waals surface area contributed by atoms with E-state index in [-0.39, 0.29) is 18.4 Å². The molecule has 1 N–H and O–H groups in total. The van der Waals surface area contributed by atoms with Gasteiger partial charge in [0, 0.05) is 6.07 Å². The molecule has 0 spiro atoms. The fraction of sp³-hybridized carbons (Fsp3) is 0.533. The molecule has 112 valence electrons. The molecule has 0 saturated carbocycles. The Labute approximate surface area is 118 Å². The highest BCUT2D eigenvalue weighted by molar-refractivity contribution is 5.92. The molecule has 20 heavy (non-hydrogen) atoms. The number of carbonyl (C=O) groups excluding carboxylic acids is 1. The SMILES string of the molecule is CC(C)OCC(=O)Nc1c(F)cc(F)cc1C(C)(C)C. The molecule has 1 amide bonds. The van der Waals surface area contributed by atoms with E-state index in [1.807, 2.05) is 20.8 Å². The van der Waals surface area contributed by atoms with E-state index in [1.54, 1.807) is 13.8 Å². The molecule has 0 unspecified atom stereocenters. The number of nitrogens with one attached hydrogen (secondary N) is 1. The predicted molar refractivity (Wildman–Crippen MR) is 74.8 cm³/mol. The maximum atomic E-state index is 13.9. The van der Waals surface area contributed by atoms with E-state index < -0.39 is 23.0 Å². The van der Waals surface area contributed by atoms with Crippen LogP contribution in [0, 0.1) is 11.6 Å². The van der Waals surface area contributed by atoms with E-state index in [0.717, 1.165) is 6.07 Å². The number of ether oxygens (including phenoxy) is 1. The molecule has 0 aliphatic heterocycles. The maximum absolute atomic E-state index is 13.9. The van der Waals surface area contributed by atoms with Gasteiger partial charge in [-0.25, -0.2) is 8.78 Å². The Morgan fingerprint density at radius 1 is 1.30 bits per heavy atom. The van der Waals surface area contributed by atoms with Crippen LogP contribution in [0.3, 0.4) is 0 Å². The normalized spacial score (nSPS) is 11.8. The minimum Gasteiger partial charge on any atom is -0.369 e. The zero-order valence-corrected chi connectivity index (χ0v) is 12.5. The van der Waals surface area contributed by atoms with Crippen molar-refractivity contribution < 1.29 is 18.3 Å². The molecule has 1 rings (SSSR count). The van der Waals surface area contributed by atoms with Crippen molar-refractivity contribution in [1.82, 2.24) is 0 Å². The highest BCUT2D eigenvalue weighted by atomic mass is 19.1. The van der Waals surface area contributed by atoms with Crippen LogP contribution < -0.4 is 5.32 Å². The molecule has 0 aromatic heterocycles. The molecular formula is C15H21F2NO2. The van der Waals surface area contributed by atoms with Crippen molar-refractivity contribution in [2.45, 2.75) is 46.1 Å². The third-order valence-electron chi connectivity index (χ3n) is 2.68. The van der Waals surface area contributed by atoms with Gasteiger partial charge in [0.15, 0.2) is 0 Å². The topological polar surface area (TPSA) is 38.3 Å². The first-order valence-electron chi connectivity index (χ1n) is 6.52. The number of carbonyl (C=O) groups is 1. The number of amides is 1. The second-order valence-corrected chi connectivity index (χ2v) is 5.97. The summed E-state index contributed by atoms with van der Waals surface area (Å²) in [5.41, 5.74) is -0.0751. The van der Waals surface area contributed by atoms with Crippen LogP contribution in [0.4, 0.5) is 14.5 Å². The van der Waals surface area contributed by atoms with E-state index in [0.29, 0.717) is 5.56 Å². The van der Waals surface area contributed by atoms with Gasteiger partial charge in [0.1, 0.15) is 18.2 Å². The number of hydrogen-bond acceptors (Lipinski definition) is 2. The summed E-state index contributed by atoms with van der Waals surface area (Å²) in [5.74, 6) is -1.91. The number of halogens is 2. The summed E-state index contributed by atoms with van der Waals surface area (Å²) in [6.07, 6.45) is -0.0964. The number of hydrogen-bond donors (Lipinski definition) is 1. The Bertz CT molecular complexity index is 493. The summed E-state index contributed by atoms with van der Waals surface area (Å²) in [6.45, 7) is 8.89. The van der Waals surface area contributed by atoms with Crippen LogP contribution >= 0.6 is 0 Å². The molecule has 1 aromatic rings. The van der Waals surface area contributed by atoms with Crippen molar-refractivity contribution in [1.29, 1.82) is 0 Å². The molecule has 0 aliphatic carbocycles. The van der Waals surface area contributed by atoms with Gasteiger partial charge in [-0.15, -0.1) is 0 Å². The highest BCUT2D eigenvalue weighted by Gasteiger charge is 2.23. The van der Waals surface area contributed by atoms with Crippen molar-refractivity contribution in [2.75, 3.05) is 11.9 Å². The van der Waals surface area contributed by atoms with Crippen molar-refractivity contribution in [3.63, 3.8) is 0 Å². The third-order valence-corrected chi connectivity index (χ3v) is 2.68. The molecular weight excluding hydrogens is 264 g/mol. The van der Waals surface area contributed by atoms with Crippen molar-refractivity contribution in [3.8, 4) is 0 Å². The fourth-order valence-electron chi connectivity index (χ4n) is 1.71. The average molecular weight is 285 g/mol. The summed E-state index contributed by atoms with van der Waals surface area (Å²) in [6, 6.07) is 2.00. The van der Waals surface area contributed by atoms with Gasteiger partial charge in [-0.3, -0.25) is 4.79 Å². The lowest BCUT2D eigenvalue weighted by atomic mass is 9.85. The van der Waals surface area contributed by atoms with Gasteiger partial charge in [-0.1, -0.05) is 20.8 Å². The first-order chi connectivity index (χ1) is 9.11. The zero-order chi connectivity index (χ0) is 15.5. The Morgan fingerprint density at radius 3 is 2.40 bits per heavy atom. The van der Waals surface area contributed by atoms with E-state index in [4.69, 9.17) is 4.74 Å². The molecule has 5 heteroatoms. The number of benzene rings is 1. The van der Waals surface area contributed by atoms with Gasteiger partial charge >= 0.3 is 0 Å². The van der Waals surface area contributed by atoms with Gasteiger partial charge in [0.05, 0.1) is 11.8 Å². The van der Waals surface area contributed by atoms with Crippen LogP contribution in [-0.4, -0.2) is 18.6 Å². The van der Waals surface area contributed by atoms with Gasteiger partial charge in [-0.05, 0) is 30.9 Å². The Morgan fingerprint density at radius 2 is 1.90 bits per heavy atom. The van der Waals surface area contributed by atoms with Gasteiger partial charge in [0.25, 0.3) is 0 Å². The standard InChI is InChI=1S/C15H21F2NO2/c1-9(2)20-8-13(19)18-14-11(15(3,4)5)6-10(16)7-12(14)17/h6-7,9H,8H2,1-5H3,(H,18,19). The quantitative estimate of drug-likeness (QED) is 0.917. The molecule has 3 nitrogen and oxygen atoms in total. The Balaban J connectivity index is 3.02. The van der Waals surface area contributed by atoms with Crippen LogP contribution in [0.25, 0.3) is 0 Å². The molecule has 0 radical (unpaired) electrons. The van der Waals surface area contributed by atoms with Crippen molar-refractivity contribution in [3.05, 3.63) is 29.3 Å². The number of anilines is 1. The lowest BCUT2D eigenvalue weighted by Gasteiger charge is -2.23. The first kappa shape index (κ1) is 16.6. The zero-order valence-electron chi connectivity index (χ0n) is 12.5. The van der Waals surface area contributed by atoms with Crippen LogP contribution in [0.15, 0.2) is 12.1 Å². The molecule has 0 bridgehead atoms. The monoisotopic (exact) mass is 285 g/mol. The molecule has 0 aliphatic rings. The lowest BCUT2D eigenvalue weighted by Crippen LogP contribution is -2.24. The summed E-state index contributed by atoms with van der Waals surface area (Å²) in [4.78, 5) is 11.7. The highest BCUT2D eigenvalue weighted by Crippen LogP contribution is 2.32. The van der Waals surface area contributed by atoms with Gasteiger partial charge in [-0.2, -0.15) is 0 Å². The number of rotatable bonds is 4. The lowest BCUT2D eigenvalue weighted by molar-refractivity contribution is -0.122. The maximum Gasteiger partial charge on any atom is 0.250 e. The van der Waals surface area contributed by atoms with Gasteiger partial charge < -0.3 is 10.1 Å². The first-order valence-corrected chi connectivity index (χ1v) is 6.52. The Kier molecular flexibility index (Phi) is 5.22.